The summed E-state index contributed by atoms with van der Waals surface area (Å²) in [7, 11) is -4.37. The van der Waals surface area contributed by atoms with Crippen LogP contribution in [0.2, 0.25) is 0 Å². The van der Waals surface area contributed by atoms with Crippen LogP contribution in [0.5, 0.6) is 0 Å². The van der Waals surface area contributed by atoms with Crippen LogP contribution in [0.1, 0.15) is 19.8 Å². The van der Waals surface area contributed by atoms with E-state index in [2.05, 4.69) is 0 Å². The molecule has 0 saturated carbocycles. The van der Waals surface area contributed by atoms with Crippen molar-refractivity contribution in [3.8, 4) is 0 Å². The first-order valence-electron chi connectivity index (χ1n) is 5.70. The van der Waals surface area contributed by atoms with E-state index in [1.807, 2.05) is 11.6 Å². The first-order chi connectivity index (χ1) is 8.77. The van der Waals surface area contributed by atoms with E-state index >= 15 is 0 Å². The van der Waals surface area contributed by atoms with Crippen LogP contribution in [0.3, 0.4) is 0 Å². The highest BCUT2D eigenvalue weighted by Crippen LogP contribution is 2.21. The number of halogens is 2. The zero-order chi connectivity index (χ0) is 14.6. The van der Waals surface area contributed by atoms with Gasteiger partial charge in [-0.2, -0.15) is 0 Å². The number of nitrogens with two attached hydrogens (primary N) is 1. The van der Waals surface area contributed by atoms with Gasteiger partial charge in [0.2, 0.25) is 10.0 Å². The molecule has 0 fully saturated rings. The van der Waals surface area contributed by atoms with Crippen molar-refractivity contribution in [2.75, 3.05) is 12.3 Å². The second kappa shape index (κ2) is 6.27. The lowest BCUT2D eigenvalue weighted by Gasteiger charge is -2.12. The van der Waals surface area contributed by atoms with Crippen LogP contribution >= 0.6 is 0 Å². The molecule has 0 aliphatic carbocycles. The Balaban J connectivity index is 2.95. The highest BCUT2D eigenvalue weighted by atomic mass is 32.2. The second-order valence-corrected chi connectivity index (χ2v) is 5.81. The van der Waals surface area contributed by atoms with Gasteiger partial charge in [0, 0.05) is 12.2 Å². The molecule has 1 unspecified atom stereocenters. The van der Waals surface area contributed by atoms with Gasteiger partial charge in [-0.15, -0.1) is 0 Å². The summed E-state index contributed by atoms with van der Waals surface area (Å²) in [5.74, 6) is -2.54. The molecule has 108 valence electrons. The largest absolute Gasteiger partial charge is 0.399 e. The standard InChI is InChI=1S/C11H16F2N2O3S/c1-2-3-8(16)6-15-19(17,18)11-9(12)4-7(14)5-10(11)13/h4-5,8,15-16H,2-3,6,14H2,1H3. The lowest BCUT2D eigenvalue weighted by molar-refractivity contribution is 0.167. The van der Waals surface area contributed by atoms with Crippen LogP contribution in [0.25, 0.3) is 0 Å². The summed E-state index contributed by atoms with van der Waals surface area (Å²) in [6, 6.07) is 1.44. The molecule has 0 bridgehead atoms. The van der Waals surface area contributed by atoms with Gasteiger partial charge in [-0.25, -0.2) is 21.9 Å². The number of sulfonamides is 1. The van der Waals surface area contributed by atoms with Gasteiger partial charge in [-0.05, 0) is 18.6 Å². The number of hydrogen-bond donors (Lipinski definition) is 3. The first-order valence-corrected chi connectivity index (χ1v) is 7.18. The van der Waals surface area contributed by atoms with Crippen LogP contribution in [0, 0.1) is 11.6 Å². The molecule has 0 spiro atoms. The van der Waals surface area contributed by atoms with E-state index in [0.29, 0.717) is 12.8 Å². The van der Waals surface area contributed by atoms with E-state index in [4.69, 9.17) is 5.73 Å². The van der Waals surface area contributed by atoms with E-state index in [9.17, 15) is 22.3 Å². The van der Waals surface area contributed by atoms with Gasteiger partial charge in [0.25, 0.3) is 0 Å². The Morgan fingerprint density at radius 3 is 2.37 bits per heavy atom. The molecule has 0 aromatic heterocycles. The SMILES string of the molecule is CCCC(O)CNS(=O)(=O)c1c(F)cc(N)cc1F. The number of anilines is 1. The predicted octanol–water partition coefficient (Wildman–Crippen LogP) is 0.986. The van der Waals surface area contributed by atoms with Crippen molar-refractivity contribution >= 4 is 15.7 Å². The molecule has 1 aromatic rings. The fourth-order valence-electron chi connectivity index (χ4n) is 1.55. The van der Waals surface area contributed by atoms with Crippen molar-refractivity contribution in [2.45, 2.75) is 30.8 Å². The maximum absolute atomic E-state index is 13.5. The maximum Gasteiger partial charge on any atom is 0.246 e. The lowest BCUT2D eigenvalue weighted by Crippen LogP contribution is -2.33. The number of aliphatic hydroxyl groups excluding tert-OH is 1. The molecule has 0 amide bonds. The number of rotatable bonds is 6. The van der Waals surface area contributed by atoms with Crippen molar-refractivity contribution in [3.05, 3.63) is 23.8 Å². The fourth-order valence-corrected chi connectivity index (χ4v) is 2.74. The van der Waals surface area contributed by atoms with E-state index in [-0.39, 0.29) is 12.2 Å². The van der Waals surface area contributed by atoms with Crippen LogP contribution < -0.4 is 10.5 Å². The maximum atomic E-state index is 13.5. The third-order valence-electron chi connectivity index (χ3n) is 2.42. The van der Waals surface area contributed by atoms with Crippen molar-refractivity contribution in [2.24, 2.45) is 0 Å². The molecule has 1 rings (SSSR count). The van der Waals surface area contributed by atoms with Gasteiger partial charge < -0.3 is 10.8 Å². The van der Waals surface area contributed by atoms with Crippen molar-refractivity contribution in [1.29, 1.82) is 0 Å². The van der Waals surface area contributed by atoms with Crippen LogP contribution in [0.4, 0.5) is 14.5 Å². The molecule has 0 radical (unpaired) electrons. The number of aliphatic hydroxyl groups is 1. The van der Waals surface area contributed by atoms with E-state index < -0.39 is 32.7 Å². The number of nitrogen functional groups attached to an aromatic ring is 1. The molecule has 4 N–H and O–H groups in total. The molecule has 8 heteroatoms. The topological polar surface area (TPSA) is 92.4 Å². The van der Waals surface area contributed by atoms with E-state index in [0.717, 1.165) is 12.1 Å². The lowest BCUT2D eigenvalue weighted by atomic mass is 10.2. The molecular weight excluding hydrogens is 278 g/mol. The summed E-state index contributed by atoms with van der Waals surface area (Å²) in [5.41, 5.74) is 4.99. The third-order valence-corrected chi connectivity index (χ3v) is 3.89. The smallest absolute Gasteiger partial charge is 0.246 e. The predicted molar refractivity (Wildman–Crippen MR) is 66.9 cm³/mol. The van der Waals surface area contributed by atoms with Crippen LogP contribution in [-0.2, 0) is 10.0 Å². The third kappa shape index (κ3) is 4.12. The van der Waals surface area contributed by atoms with E-state index in [1.165, 1.54) is 0 Å². The minimum absolute atomic E-state index is 0.208. The first kappa shape index (κ1) is 15.8. The summed E-state index contributed by atoms with van der Waals surface area (Å²) in [6.45, 7) is 1.51. The molecule has 0 aliphatic rings. The van der Waals surface area contributed by atoms with Crippen molar-refractivity contribution < 1.29 is 22.3 Å². The van der Waals surface area contributed by atoms with Gasteiger partial charge in [0.05, 0.1) is 6.10 Å². The Bertz CT molecular complexity index is 526. The fraction of sp³-hybridized carbons (Fsp3) is 0.455. The van der Waals surface area contributed by atoms with Gasteiger partial charge >= 0.3 is 0 Å². The van der Waals surface area contributed by atoms with Gasteiger partial charge in [-0.1, -0.05) is 13.3 Å². The Morgan fingerprint density at radius 1 is 1.37 bits per heavy atom. The summed E-state index contributed by atoms with van der Waals surface area (Å²) in [5, 5.41) is 9.41. The molecule has 0 aliphatic heterocycles. The Kier molecular flexibility index (Phi) is 5.21. The number of benzene rings is 1. The van der Waals surface area contributed by atoms with Crippen LogP contribution in [-0.4, -0.2) is 26.2 Å². The highest BCUT2D eigenvalue weighted by molar-refractivity contribution is 7.89. The summed E-state index contributed by atoms with van der Waals surface area (Å²) in [4.78, 5) is -1.09. The number of nitrogens with one attached hydrogen (secondary N) is 1. The molecule has 19 heavy (non-hydrogen) atoms. The minimum atomic E-state index is -4.37. The van der Waals surface area contributed by atoms with Gasteiger partial charge in [-0.3, -0.25) is 0 Å². The average molecular weight is 294 g/mol. The zero-order valence-corrected chi connectivity index (χ0v) is 11.2. The van der Waals surface area contributed by atoms with E-state index in [1.54, 1.807) is 0 Å². The molecule has 1 aromatic carbocycles. The molecule has 5 nitrogen and oxygen atoms in total. The number of hydrogen-bond acceptors (Lipinski definition) is 4. The quantitative estimate of drug-likeness (QED) is 0.682. The Labute approximate surface area is 110 Å². The zero-order valence-electron chi connectivity index (χ0n) is 10.4. The minimum Gasteiger partial charge on any atom is -0.399 e. The van der Waals surface area contributed by atoms with Crippen molar-refractivity contribution in [1.82, 2.24) is 4.72 Å². The van der Waals surface area contributed by atoms with Gasteiger partial charge in [0.1, 0.15) is 11.6 Å². The Morgan fingerprint density at radius 2 is 1.89 bits per heavy atom. The highest BCUT2D eigenvalue weighted by Gasteiger charge is 2.25. The second-order valence-electron chi connectivity index (χ2n) is 4.11. The summed E-state index contributed by atoms with van der Waals surface area (Å²) in [6.07, 6.45) is 0.141. The Hall–Kier alpha value is -1.25. The summed E-state index contributed by atoms with van der Waals surface area (Å²) >= 11 is 0. The molecular formula is C11H16F2N2O3S. The van der Waals surface area contributed by atoms with Gasteiger partial charge in [0.15, 0.2) is 4.90 Å². The molecule has 0 heterocycles. The monoisotopic (exact) mass is 294 g/mol. The molecule has 1 atom stereocenters. The van der Waals surface area contributed by atoms with Crippen LogP contribution in [0.15, 0.2) is 17.0 Å². The van der Waals surface area contributed by atoms with Crippen molar-refractivity contribution in [3.63, 3.8) is 0 Å². The molecule has 0 saturated heterocycles. The summed E-state index contributed by atoms with van der Waals surface area (Å²) < 4.78 is 52.4. The average Bonchev–Trinajstić information content (AvgIpc) is 2.25. The normalized spacial score (nSPS) is 13.5.